The van der Waals surface area contributed by atoms with Crippen LogP contribution in [-0.2, 0) is 0 Å². The van der Waals surface area contributed by atoms with E-state index in [4.69, 9.17) is 5.26 Å². The summed E-state index contributed by atoms with van der Waals surface area (Å²) in [6.45, 7) is 3.91. The van der Waals surface area contributed by atoms with E-state index in [9.17, 15) is 4.79 Å². The van der Waals surface area contributed by atoms with Crippen LogP contribution in [0, 0.1) is 25.2 Å². The number of hydrogen-bond acceptors (Lipinski definition) is 2. The first-order chi connectivity index (χ1) is 6.65. The Bertz CT molecular complexity index is 391. The molecule has 3 nitrogen and oxygen atoms in total. The fraction of sp³-hybridized carbons (Fsp3) is 0.273. The van der Waals surface area contributed by atoms with Crippen molar-refractivity contribution in [3.05, 3.63) is 34.9 Å². The first kappa shape index (κ1) is 10.3. The van der Waals surface area contributed by atoms with Gasteiger partial charge >= 0.3 is 0 Å². The first-order valence-corrected chi connectivity index (χ1v) is 4.37. The minimum Gasteiger partial charge on any atom is -0.339 e. The molecule has 0 aliphatic heterocycles. The molecule has 0 aliphatic rings. The highest BCUT2D eigenvalue weighted by Crippen LogP contribution is 2.09. The fourth-order valence-corrected chi connectivity index (χ4v) is 1.28. The molecule has 1 aromatic carbocycles. The lowest BCUT2D eigenvalue weighted by molar-refractivity contribution is 0.0958. The number of nitrogens with zero attached hydrogens (tertiary/aromatic N) is 1. The molecular weight excluding hydrogens is 176 g/mol. The Morgan fingerprint density at radius 3 is 2.79 bits per heavy atom. The highest BCUT2D eigenvalue weighted by Gasteiger charge is 2.07. The number of carbonyl (C=O) groups is 1. The summed E-state index contributed by atoms with van der Waals surface area (Å²) in [7, 11) is 0. The minimum absolute atomic E-state index is 0.0478. The molecule has 14 heavy (non-hydrogen) atoms. The summed E-state index contributed by atoms with van der Waals surface area (Å²) in [4.78, 5) is 11.5. The zero-order chi connectivity index (χ0) is 10.6. The van der Waals surface area contributed by atoms with E-state index in [1.165, 1.54) is 0 Å². The van der Waals surface area contributed by atoms with E-state index in [-0.39, 0.29) is 12.5 Å². The topological polar surface area (TPSA) is 52.9 Å². The molecule has 1 aromatic rings. The van der Waals surface area contributed by atoms with Gasteiger partial charge in [0.25, 0.3) is 5.91 Å². The second-order valence-corrected chi connectivity index (χ2v) is 3.16. The van der Waals surface area contributed by atoms with E-state index >= 15 is 0 Å². The van der Waals surface area contributed by atoms with Crippen molar-refractivity contribution in [1.82, 2.24) is 5.32 Å². The highest BCUT2D eigenvalue weighted by atomic mass is 16.1. The van der Waals surface area contributed by atoms with Gasteiger partial charge in [-0.3, -0.25) is 4.79 Å². The Hall–Kier alpha value is -1.82. The van der Waals surface area contributed by atoms with E-state index in [1.807, 2.05) is 32.0 Å². The number of hydrogen-bond donors (Lipinski definition) is 1. The van der Waals surface area contributed by atoms with Crippen molar-refractivity contribution in [3.8, 4) is 6.07 Å². The van der Waals surface area contributed by atoms with Gasteiger partial charge < -0.3 is 5.32 Å². The largest absolute Gasteiger partial charge is 0.339 e. The van der Waals surface area contributed by atoms with Crippen LogP contribution in [0.25, 0.3) is 0 Å². The number of amides is 1. The molecule has 0 fully saturated rings. The smallest absolute Gasteiger partial charge is 0.252 e. The van der Waals surface area contributed by atoms with Crippen molar-refractivity contribution in [2.24, 2.45) is 0 Å². The van der Waals surface area contributed by atoms with Gasteiger partial charge in [-0.05, 0) is 25.5 Å². The lowest BCUT2D eigenvalue weighted by Gasteiger charge is -2.05. The predicted octanol–water partition coefficient (Wildman–Crippen LogP) is 1.56. The van der Waals surface area contributed by atoms with Crippen molar-refractivity contribution in [2.45, 2.75) is 13.8 Å². The second kappa shape index (κ2) is 4.43. The molecule has 1 amide bonds. The molecule has 0 atom stereocenters. The molecular formula is C11H12N2O. The van der Waals surface area contributed by atoms with Gasteiger partial charge in [-0.1, -0.05) is 17.7 Å². The summed E-state index contributed by atoms with van der Waals surface area (Å²) in [6, 6.07) is 7.47. The molecule has 0 saturated heterocycles. The average molecular weight is 188 g/mol. The number of nitriles is 1. The number of carbonyl (C=O) groups excluding carboxylic acids is 1. The van der Waals surface area contributed by atoms with E-state index in [2.05, 4.69) is 5.32 Å². The fourth-order valence-electron chi connectivity index (χ4n) is 1.28. The third-order valence-corrected chi connectivity index (χ3v) is 1.95. The lowest BCUT2D eigenvalue weighted by Crippen LogP contribution is -2.24. The molecule has 0 aromatic heterocycles. The number of rotatable bonds is 2. The van der Waals surface area contributed by atoms with Gasteiger partial charge in [-0.25, -0.2) is 0 Å². The quantitative estimate of drug-likeness (QED) is 0.716. The standard InChI is InChI=1S/C11H12N2O/c1-8-3-4-10(9(2)7-8)11(14)13-6-5-12/h3-4,7H,6H2,1-2H3,(H,13,14). The molecule has 1 rings (SSSR count). The van der Waals surface area contributed by atoms with E-state index in [0.717, 1.165) is 11.1 Å². The van der Waals surface area contributed by atoms with Gasteiger partial charge in [0.15, 0.2) is 0 Å². The van der Waals surface area contributed by atoms with Gasteiger partial charge in [0.1, 0.15) is 6.54 Å². The average Bonchev–Trinajstić information content (AvgIpc) is 2.14. The van der Waals surface area contributed by atoms with Crippen molar-refractivity contribution >= 4 is 5.91 Å². The van der Waals surface area contributed by atoms with Crippen LogP contribution in [0.2, 0.25) is 0 Å². The Morgan fingerprint density at radius 1 is 1.50 bits per heavy atom. The molecule has 1 N–H and O–H groups in total. The number of benzene rings is 1. The summed E-state index contributed by atoms with van der Waals surface area (Å²) in [6.07, 6.45) is 0. The molecule has 0 spiro atoms. The monoisotopic (exact) mass is 188 g/mol. The molecule has 0 unspecified atom stereocenters. The van der Waals surface area contributed by atoms with Crippen molar-refractivity contribution in [3.63, 3.8) is 0 Å². The normalized spacial score (nSPS) is 9.21. The minimum atomic E-state index is -0.191. The summed E-state index contributed by atoms with van der Waals surface area (Å²) >= 11 is 0. The molecule has 0 saturated carbocycles. The lowest BCUT2D eigenvalue weighted by atomic mass is 10.1. The van der Waals surface area contributed by atoms with E-state index in [1.54, 1.807) is 6.07 Å². The van der Waals surface area contributed by atoms with Crippen LogP contribution in [0.1, 0.15) is 21.5 Å². The van der Waals surface area contributed by atoms with Gasteiger partial charge in [0.2, 0.25) is 0 Å². The van der Waals surface area contributed by atoms with Crippen LogP contribution in [0.5, 0.6) is 0 Å². The molecule has 0 radical (unpaired) electrons. The van der Waals surface area contributed by atoms with Gasteiger partial charge in [-0.2, -0.15) is 5.26 Å². The highest BCUT2D eigenvalue weighted by molar-refractivity contribution is 5.95. The predicted molar refractivity (Wildman–Crippen MR) is 53.9 cm³/mol. The first-order valence-electron chi connectivity index (χ1n) is 4.37. The molecule has 3 heteroatoms. The van der Waals surface area contributed by atoms with Crippen molar-refractivity contribution in [1.29, 1.82) is 5.26 Å². The SMILES string of the molecule is Cc1ccc(C(=O)NCC#N)c(C)c1. The summed E-state index contributed by atoms with van der Waals surface area (Å²) in [5.74, 6) is -0.191. The molecule has 72 valence electrons. The Kier molecular flexibility index (Phi) is 3.24. The van der Waals surface area contributed by atoms with Crippen LogP contribution in [0.15, 0.2) is 18.2 Å². The van der Waals surface area contributed by atoms with Crippen molar-refractivity contribution < 1.29 is 4.79 Å². The molecule has 0 aliphatic carbocycles. The maximum Gasteiger partial charge on any atom is 0.252 e. The van der Waals surface area contributed by atoms with Gasteiger partial charge in [0, 0.05) is 5.56 Å². The molecule has 0 bridgehead atoms. The van der Waals surface area contributed by atoms with Gasteiger partial charge in [0.05, 0.1) is 6.07 Å². The summed E-state index contributed by atoms with van der Waals surface area (Å²) in [5, 5.41) is 10.8. The maximum absolute atomic E-state index is 11.5. The zero-order valence-corrected chi connectivity index (χ0v) is 8.29. The van der Waals surface area contributed by atoms with Crippen LogP contribution < -0.4 is 5.32 Å². The summed E-state index contributed by atoms with van der Waals surface area (Å²) in [5.41, 5.74) is 2.69. The van der Waals surface area contributed by atoms with E-state index < -0.39 is 0 Å². The molecule has 0 heterocycles. The van der Waals surface area contributed by atoms with Gasteiger partial charge in [-0.15, -0.1) is 0 Å². The summed E-state index contributed by atoms with van der Waals surface area (Å²) < 4.78 is 0. The Balaban J connectivity index is 2.86. The van der Waals surface area contributed by atoms with Crippen LogP contribution in [0.4, 0.5) is 0 Å². The third-order valence-electron chi connectivity index (χ3n) is 1.95. The van der Waals surface area contributed by atoms with E-state index in [0.29, 0.717) is 5.56 Å². The van der Waals surface area contributed by atoms with Crippen LogP contribution in [-0.4, -0.2) is 12.5 Å². The Labute approximate surface area is 83.4 Å². The maximum atomic E-state index is 11.5. The van der Waals surface area contributed by atoms with Crippen LogP contribution >= 0.6 is 0 Å². The van der Waals surface area contributed by atoms with Crippen LogP contribution in [0.3, 0.4) is 0 Å². The third kappa shape index (κ3) is 2.33. The number of aryl methyl sites for hydroxylation is 2. The Morgan fingerprint density at radius 2 is 2.21 bits per heavy atom. The second-order valence-electron chi connectivity index (χ2n) is 3.16. The van der Waals surface area contributed by atoms with Crippen molar-refractivity contribution in [2.75, 3.05) is 6.54 Å². The number of nitrogens with one attached hydrogen (secondary N) is 1. The zero-order valence-electron chi connectivity index (χ0n) is 8.29.